The topological polar surface area (TPSA) is 46.2 Å². The Morgan fingerprint density at radius 2 is 1.86 bits per heavy atom. The number of rotatable bonds is 2. The Balaban J connectivity index is 0.000000980. The van der Waals surface area contributed by atoms with Gasteiger partial charge in [-0.3, -0.25) is 0 Å². The van der Waals surface area contributed by atoms with Gasteiger partial charge in [-0.25, -0.2) is 0 Å². The molecule has 1 aliphatic carbocycles. The Bertz CT molecular complexity index is 283. The van der Waals surface area contributed by atoms with E-state index in [4.69, 9.17) is 5.73 Å². The quantitative estimate of drug-likeness (QED) is 0.782. The molecule has 0 aromatic heterocycles. The van der Waals surface area contributed by atoms with E-state index in [-0.39, 0.29) is 30.5 Å². The third kappa shape index (κ3) is 1.78. The zero-order chi connectivity index (χ0) is 9.31. The van der Waals surface area contributed by atoms with Crippen LogP contribution in [0.25, 0.3) is 0 Å². The van der Waals surface area contributed by atoms with Crippen molar-refractivity contribution in [1.29, 1.82) is 0 Å². The second-order valence-electron chi connectivity index (χ2n) is 3.97. The molecule has 1 saturated carbocycles. The smallest absolute Gasteiger partial charge is 0.0529 e. The van der Waals surface area contributed by atoms with E-state index >= 15 is 0 Å². The highest BCUT2D eigenvalue weighted by Crippen LogP contribution is 2.42. The van der Waals surface area contributed by atoms with Gasteiger partial charge in [-0.15, -0.1) is 12.4 Å². The van der Waals surface area contributed by atoms with E-state index in [9.17, 15) is 5.11 Å². The fourth-order valence-electron chi connectivity index (χ4n) is 2.19. The minimum atomic E-state index is -0.0410. The van der Waals surface area contributed by atoms with E-state index < -0.39 is 0 Å². The van der Waals surface area contributed by atoms with Gasteiger partial charge in [0, 0.05) is 11.5 Å². The van der Waals surface area contributed by atoms with Crippen molar-refractivity contribution in [3.63, 3.8) is 0 Å². The highest BCUT2D eigenvalue weighted by Gasteiger charge is 2.43. The molecule has 0 radical (unpaired) electrons. The molecule has 1 aromatic rings. The molecule has 0 spiro atoms. The Labute approximate surface area is 90.5 Å². The number of nitrogens with two attached hydrogens (primary N) is 1. The van der Waals surface area contributed by atoms with Crippen molar-refractivity contribution >= 4 is 12.4 Å². The lowest BCUT2D eigenvalue weighted by Crippen LogP contribution is -2.51. The summed E-state index contributed by atoms with van der Waals surface area (Å²) in [5.41, 5.74) is 6.94. The second kappa shape index (κ2) is 4.30. The molecule has 14 heavy (non-hydrogen) atoms. The fraction of sp³-hybridized carbons (Fsp3) is 0.455. The summed E-state index contributed by atoms with van der Waals surface area (Å²) >= 11 is 0. The molecule has 0 unspecified atom stereocenters. The summed E-state index contributed by atoms with van der Waals surface area (Å²) in [5, 5.41) is 9.35. The predicted molar refractivity (Wildman–Crippen MR) is 59.7 cm³/mol. The third-order valence-corrected chi connectivity index (χ3v) is 2.99. The largest absolute Gasteiger partial charge is 0.395 e. The van der Waals surface area contributed by atoms with Crippen molar-refractivity contribution in [3.8, 4) is 0 Å². The zero-order valence-corrected chi connectivity index (χ0v) is 8.83. The van der Waals surface area contributed by atoms with Gasteiger partial charge >= 0.3 is 0 Å². The summed E-state index contributed by atoms with van der Waals surface area (Å²) in [6.45, 7) is 0.213. The normalized spacial score (nSPS) is 30.3. The first-order valence-corrected chi connectivity index (χ1v) is 4.69. The standard InChI is InChI=1S/C11H15NO.ClH/c12-10-6-11(7-10,8-13)9-4-2-1-3-5-9;/h1-5,10,13H,6-8,12H2;1H. The first kappa shape index (κ1) is 11.5. The van der Waals surface area contributed by atoms with Gasteiger partial charge < -0.3 is 10.8 Å². The summed E-state index contributed by atoms with van der Waals surface area (Å²) in [4.78, 5) is 0. The first-order valence-electron chi connectivity index (χ1n) is 4.69. The average molecular weight is 214 g/mol. The highest BCUT2D eigenvalue weighted by atomic mass is 35.5. The molecule has 2 rings (SSSR count). The van der Waals surface area contributed by atoms with Crippen LogP contribution in [0, 0.1) is 0 Å². The van der Waals surface area contributed by atoms with E-state index in [1.54, 1.807) is 0 Å². The third-order valence-electron chi connectivity index (χ3n) is 2.99. The molecule has 1 fully saturated rings. The number of hydrogen-bond acceptors (Lipinski definition) is 2. The summed E-state index contributed by atoms with van der Waals surface area (Å²) < 4.78 is 0. The highest BCUT2D eigenvalue weighted by molar-refractivity contribution is 5.85. The number of hydrogen-bond donors (Lipinski definition) is 2. The Morgan fingerprint density at radius 1 is 1.29 bits per heavy atom. The number of benzene rings is 1. The monoisotopic (exact) mass is 213 g/mol. The van der Waals surface area contributed by atoms with Gasteiger partial charge in [0.05, 0.1) is 6.61 Å². The molecule has 0 saturated heterocycles. The summed E-state index contributed by atoms with van der Waals surface area (Å²) in [5.74, 6) is 0. The molecule has 0 amide bonds. The lowest BCUT2D eigenvalue weighted by atomic mass is 9.62. The maximum Gasteiger partial charge on any atom is 0.0529 e. The van der Waals surface area contributed by atoms with Gasteiger partial charge in [0.1, 0.15) is 0 Å². The van der Waals surface area contributed by atoms with Crippen LogP contribution in [0.3, 0.4) is 0 Å². The van der Waals surface area contributed by atoms with Gasteiger partial charge in [-0.1, -0.05) is 30.3 Å². The Morgan fingerprint density at radius 3 is 2.29 bits per heavy atom. The van der Waals surface area contributed by atoms with Crippen LogP contribution in [0.5, 0.6) is 0 Å². The van der Waals surface area contributed by atoms with Crippen LogP contribution in [0.1, 0.15) is 18.4 Å². The molecule has 3 N–H and O–H groups in total. The van der Waals surface area contributed by atoms with E-state index in [1.807, 2.05) is 18.2 Å². The van der Waals surface area contributed by atoms with E-state index in [1.165, 1.54) is 5.56 Å². The SMILES string of the molecule is Cl.NC1CC(CO)(c2ccccc2)C1. The fourth-order valence-corrected chi connectivity index (χ4v) is 2.19. The van der Waals surface area contributed by atoms with Gasteiger partial charge in [-0.2, -0.15) is 0 Å². The van der Waals surface area contributed by atoms with E-state index in [2.05, 4.69) is 12.1 Å². The van der Waals surface area contributed by atoms with Gasteiger partial charge in [0.25, 0.3) is 0 Å². The van der Waals surface area contributed by atoms with Crippen molar-refractivity contribution in [2.45, 2.75) is 24.3 Å². The van der Waals surface area contributed by atoms with Crippen molar-refractivity contribution in [1.82, 2.24) is 0 Å². The van der Waals surface area contributed by atoms with Crippen LogP contribution >= 0.6 is 12.4 Å². The zero-order valence-electron chi connectivity index (χ0n) is 8.02. The summed E-state index contributed by atoms with van der Waals surface area (Å²) in [6, 6.07) is 10.4. The molecule has 2 nitrogen and oxygen atoms in total. The maximum atomic E-state index is 9.35. The van der Waals surface area contributed by atoms with Gasteiger partial charge in [0.2, 0.25) is 0 Å². The summed E-state index contributed by atoms with van der Waals surface area (Å²) in [6.07, 6.45) is 1.82. The minimum Gasteiger partial charge on any atom is -0.395 e. The molecule has 0 atom stereocenters. The Hall–Kier alpha value is -0.570. The molecular formula is C11H16ClNO. The molecule has 0 aliphatic heterocycles. The minimum absolute atomic E-state index is 0. The van der Waals surface area contributed by atoms with Gasteiger partial charge in [-0.05, 0) is 18.4 Å². The average Bonchev–Trinajstić information content (AvgIpc) is 2.14. The van der Waals surface area contributed by atoms with Crippen molar-refractivity contribution in [3.05, 3.63) is 35.9 Å². The molecule has 3 heteroatoms. The van der Waals surface area contributed by atoms with E-state index in [0.717, 1.165) is 12.8 Å². The van der Waals surface area contributed by atoms with Crippen LogP contribution < -0.4 is 5.73 Å². The lowest BCUT2D eigenvalue weighted by molar-refractivity contribution is 0.101. The van der Waals surface area contributed by atoms with Crippen molar-refractivity contribution in [2.24, 2.45) is 5.73 Å². The van der Waals surface area contributed by atoms with Crippen LogP contribution in [-0.2, 0) is 5.41 Å². The van der Waals surface area contributed by atoms with E-state index in [0.29, 0.717) is 0 Å². The number of halogens is 1. The molecule has 0 bridgehead atoms. The molecular weight excluding hydrogens is 198 g/mol. The summed E-state index contributed by atoms with van der Waals surface area (Å²) in [7, 11) is 0. The predicted octanol–water partition coefficient (Wildman–Crippen LogP) is 1.46. The van der Waals surface area contributed by atoms with Crippen LogP contribution in [0.4, 0.5) is 0 Å². The number of aliphatic hydroxyl groups excluding tert-OH is 1. The first-order chi connectivity index (χ1) is 6.27. The van der Waals surface area contributed by atoms with Crippen molar-refractivity contribution in [2.75, 3.05) is 6.61 Å². The number of aliphatic hydroxyl groups is 1. The molecule has 78 valence electrons. The molecule has 1 aliphatic rings. The molecule has 1 aromatic carbocycles. The van der Waals surface area contributed by atoms with Crippen LogP contribution in [-0.4, -0.2) is 17.8 Å². The Kier molecular flexibility index (Phi) is 3.53. The van der Waals surface area contributed by atoms with Crippen molar-refractivity contribution < 1.29 is 5.11 Å². The molecule has 0 heterocycles. The second-order valence-corrected chi connectivity index (χ2v) is 3.97. The van der Waals surface area contributed by atoms with Crippen LogP contribution in [0.15, 0.2) is 30.3 Å². The maximum absolute atomic E-state index is 9.35. The van der Waals surface area contributed by atoms with Crippen LogP contribution in [0.2, 0.25) is 0 Å². The lowest BCUT2D eigenvalue weighted by Gasteiger charge is -2.45. The van der Waals surface area contributed by atoms with Gasteiger partial charge in [0.15, 0.2) is 0 Å².